The zero-order chi connectivity index (χ0) is 23.0. The highest BCUT2D eigenvalue weighted by molar-refractivity contribution is 6.04. The number of nitrogens with one attached hydrogen (secondary N) is 1. The van der Waals surface area contributed by atoms with E-state index in [-0.39, 0.29) is 29.0 Å². The molecule has 0 amide bonds. The zero-order valence-corrected chi connectivity index (χ0v) is 19.4. The number of hydrogen-bond donors (Lipinski definition) is 2. The van der Waals surface area contributed by atoms with Gasteiger partial charge in [0.1, 0.15) is 6.10 Å². The molecule has 1 heterocycles. The van der Waals surface area contributed by atoms with Gasteiger partial charge in [-0.15, -0.1) is 0 Å². The predicted octanol–water partition coefficient (Wildman–Crippen LogP) is 4.88. The minimum Gasteiger partial charge on any atom is -0.504 e. The molecule has 3 aliphatic rings. The third-order valence-electron chi connectivity index (χ3n) is 6.82. The summed E-state index contributed by atoms with van der Waals surface area (Å²) in [6, 6.07) is 5.02. The number of ether oxygens (including phenoxy) is 2. The minimum absolute atomic E-state index is 0.0162. The molecular formula is C26H33NO5. The van der Waals surface area contributed by atoms with Crippen molar-refractivity contribution in [3.05, 3.63) is 46.3 Å². The normalized spacial score (nSPS) is 23.5. The maximum Gasteiger partial charge on any atom is 0.337 e. The molecule has 0 saturated heterocycles. The molecular weight excluding hydrogens is 406 g/mol. The molecule has 1 atom stereocenters. The number of carbonyl (C=O) groups excluding carboxylic acids is 2. The summed E-state index contributed by atoms with van der Waals surface area (Å²) in [5.41, 5.74) is 3.26. The summed E-state index contributed by atoms with van der Waals surface area (Å²) in [4.78, 5) is 26.8. The second-order valence-corrected chi connectivity index (χ2v) is 10.0. The van der Waals surface area contributed by atoms with E-state index in [2.05, 4.69) is 19.2 Å². The first-order valence-corrected chi connectivity index (χ1v) is 11.5. The highest BCUT2D eigenvalue weighted by atomic mass is 16.5. The number of ketones is 1. The monoisotopic (exact) mass is 439 g/mol. The van der Waals surface area contributed by atoms with E-state index < -0.39 is 5.92 Å². The summed E-state index contributed by atoms with van der Waals surface area (Å²) in [7, 11) is 1.49. The molecule has 1 unspecified atom stereocenters. The van der Waals surface area contributed by atoms with Crippen LogP contribution in [-0.2, 0) is 14.3 Å². The second-order valence-electron chi connectivity index (χ2n) is 10.0. The van der Waals surface area contributed by atoms with Gasteiger partial charge in [0, 0.05) is 29.3 Å². The first-order valence-electron chi connectivity index (χ1n) is 11.5. The maximum atomic E-state index is 13.5. The van der Waals surface area contributed by atoms with Crippen LogP contribution in [0.25, 0.3) is 0 Å². The molecule has 172 valence electrons. The number of esters is 1. The van der Waals surface area contributed by atoms with Crippen LogP contribution < -0.4 is 10.1 Å². The summed E-state index contributed by atoms with van der Waals surface area (Å²) in [6.07, 6.45) is 6.13. The fraction of sp³-hybridized carbons (Fsp3) is 0.538. The van der Waals surface area contributed by atoms with Crippen molar-refractivity contribution in [2.24, 2.45) is 5.41 Å². The van der Waals surface area contributed by atoms with Crippen molar-refractivity contribution in [1.29, 1.82) is 0 Å². The van der Waals surface area contributed by atoms with Crippen molar-refractivity contribution in [2.45, 2.75) is 77.7 Å². The topological polar surface area (TPSA) is 84.9 Å². The number of aromatic hydroxyl groups is 1. The van der Waals surface area contributed by atoms with Gasteiger partial charge in [-0.3, -0.25) is 4.79 Å². The molecule has 2 aliphatic carbocycles. The Balaban J connectivity index is 1.79. The lowest BCUT2D eigenvalue weighted by atomic mass is 9.68. The molecule has 0 bridgehead atoms. The van der Waals surface area contributed by atoms with Gasteiger partial charge in [-0.05, 0) is 62.1 Å². The van der Waals surface area contributed by atoms with Gasteiger partial charge >= 0.3 is 5.97 Å². The van der Waals surface area contributed by atoms with Crippen LogP contribution in [0.4, 0.5) is 0 Å². The first-order chi connectivity index (χ1) is 15.2. The highest BCUT2D eigenvalue weighted by Crippen LogP contribution is 2.48. The molecule has 1 saturated carbocycles. The van der Waals surface area contributed by atoms with Gasteiger partial charge in [0.25, 0.3) is 0 Å². The van der Waals surface area contributed by atoms with Crippen LogP contribution in [0.5, 0.6) is 11.5 Å². The maximum absolute atomic E-state index is 13.5. The summed E-state index contributed by atoms with van der Waals surface area (Å²) >= 11 is 0. The van der Waals surface area contributed by atoms with E-state index in [1.165, 1.54) is 13.5 Å². The lowest BCUT2D eigenvalue weighted by Crippen LogP contribution is -2.39. The standard InChI is InChI=1S/C26H33NO5/c1-15-22(25(30)32-17-8-6-5-7-9-17)23(16-10-11-19(28)21(12-16)31-4)24-18(27-15)13-26(2,3)14-20(24)29/h10-12,17,23,27-28H,5-9,13-14H2,1-4H3. The zero-order valence-electron chi connectivity index (χ0n) is 19.4. The number of Topliss-reactive ketones (excluding diaryl/α,β-unsaturated/α-hetero) is 1. The van der Waals surface area contributed by atoms with Crippen molar-refractivity contribution in [2.75, 3.05) is 7.11 Å². The molecule has 32 heavy (non-hydrogen) atoms. The Morgan fingerprint density at radius 1 is 1.16 bits per heavy atom. The highest BCUT2D eigenvalue weighted by Gasteiger charge is 2.43. The van der Waals surface area contributed by atoms with E-state index in [0.29, 0.717) is 29.0 Å². The van der Waals surface area contributed by atoms with Crippen molar-refractivity contribution in [1.82, 2.24) is 5.32 Å². The fourth-order valence-corrected chi connectivity index (χ4v) is 5.31. The average molecular weight is 440 g/mol. The summed E-state index contributed by atoms with van der Waals surface area (Å²) < 4.78 is 11.3. The molecule has 6 nitrogen and oxygen atoms in total. The Hall–Kier alpha value is -2.76. The Bertz CT molecular complexity index is 997. The number of carbonyl (C=O) groups is 2. The molecule has 2 N–H and O–H groups in total. The molecule has 1 aromatic rings. The van der Waals surface area contributed by atoms with E-state index in [0.717, 1.165) is 43.4 Å². The SMILES string of the molecule is COc1cc(C2C(C(=O)OC3CCCCC3)=C(C)NC3=C2C(=O)CC(C)(C)C3)ccc1O. The molecule has 6 heteroatoms. The van der Waals surface area contributed by atoms with Gasteiger partial charge in [-0.2, -0.15) is 0 Å². The largest absolute Gasteiger partial charge is 0.504 e. The number of allylic oxidation sites excluding steroid dienone is 3. The molecule has 4 rings (SSSR count). The van der Waals surface area contributed by atoms with Crippen LogP contribution in [0.15, 0.2) is 40.7 Å². The van der Waals surface area contributed by atoms with Crippen LogP contribution in [0.3, 0.4) is 0 Å². The Morgan fingerprint density at radius 2 is 1.88 bits per heavy atom. The van der Waals surface area contributed by atoms with Gasteiger partial charge in [0.15, 0.2) is 17.3 Å². The van der Waals surface area contributed by atoms with Gasteiger partial charge < -0.3 is 19.9 Å². The molecule has 1 fully saturated rings. The van der Waals surface area contributed by atoms with E-state index >= 15 is 0 Å². The molecule has 0 radical (unpaired) electrons. The Labute approximate surface area is 189 Å². The molecule has 0 spiro atoms. The number of hydrogen-bond acceptors (Lipinski definition) is 6. The van der Waals surface area contributed by atoms with Crippen LogP contribution in [0, 0.1) is 5.41 Å². The van der Waals surface area contributed by atoms with Gasteiger partial charge in [0.05, 0.1) is 12.7 Å². The summed E-state index contributed by atoms with van der Waals surface area (Å²) in [5.74, 6) is -0.563. The van der Waals surface area contributed by atoms with Crippen molar-refractivity contribution >= 4 is 11.8 Å². The number of dihydropyridines is 1. The lowest BCUT2D eigenvalue weighted by molar-refractivity contribution is -0.146. The number of phenolic OH excluding ortho intramolecular Hbond substituents is 1. The molecule has 1 aromatic carbocycles. The average Bonchev–Trinajstić information content (AvgIpc) is 2.72. The van der Waals surface area contributed by atoms with Crippen molar-refractivity contribution in [3.63, 3.8) is 0 Å². The second kappa shape index (κ2) is 8.64. The van der Waals surface area contributed by atoms with E-state index in [9.17, 15) is 14.7 Å². The fourth-order valence-electron chi connectivity index (χ4n) is 5.31. The van der Waals surface area contributed by atoms with E-state index in [1.807, 2.05) is 6.92 Å². The van der Waals surface area contributed by atoms with Crippen LogP contribution >= 0.6 is 0 Å². The van der Waals surface area contributed by atoms with Crippen molar-refractivity contribution in [3.8, 4) is 11.5 Å². The third kappa shape index (κ3) is 4.27. The van der Waals surface area contributed by atoms with Crippen LogP contribution in [0.1, 0.15) is 77.2 Å². The van der Waals surface area contributed by atoms with E-state index in [1.54, 1.807) is 18.2 Å². The minimum atomic E-state index is -0.555. The number of methoxy groups -OCH3 is 1. The predicted molar refractivity (Wildman–Crippen MR) is 121 cm³/mol. The summed E-state index contributed by atoms with van der Waals surface area (Å²) in [6.45, 7) is 6.04. The smallest absolute Gasteiger partial charge is 0.337 e. The first kappa shape index (κ1) is 22.4. The van der Waals surface area contributed by atoms with Gasteiger partial charge in [0.2, 0.25) is 0 Å². The number of benzene rings is 1. The Kier molecular flexibility index (Phi) is 6.06. The third-order valence-corrected chi connectivity index (χ3v) is 6.82. The van der Waals surface area contributed by atoms with Gasteiger partial charge in [-0.1, -0.05) is 26.3 Å². The summed E-state index contributed by atoms with van der Waals surface area (Å²) in [5, 5.41) is 13.5. The molecule has 0 aromatic heterocycles. The molecule has 1 aliphatic heterocycles. The number of phenols is 1. The van der Waals surface area contributed by atoms with Gasteiger partial charge in [-0.25, -0.2) is 4.79 Å². The quantitative estimate of drug-likeness (QED) is 0.651. The Morgan fingerprint density at radius 3 is 2.56 bits per heavy atom. The number of rotatable bonds is 4. The lowest BCUT2D eigenvalue weighted by Gasteiger charge is -2.39. The van der Waals surface area contributed by atoms with Crippen LogP contribution in [-0.4, -0.2) is 30.1 Å². The van der Waals surface area contributed by atoms with Crippen molar-refractivity contribution < 1.29 is 24.2 Å². The van der Waals surface area contributed by atoms with E-state index in [4.69, 9.17) is 9.47 Å². The van der Waals surface area contributed by atoms with Crippen LogP contribution in [0.2, 0.25) is 0 Å².